The summed E-state index contributed by atoms with van der Waals surface area (Å²) in [6.07, 6.45) is 1.67. The minimum atomic E-state index is -0.392. The van der Waals surface area contributed by atoms with Crippen LogP contribution in [0.3, 0.4) is 0 Å². The van der Waals surface area contributed by atoms with Crippen molar-refractivity contribution in [3.8, 4) is 0 Å². The molecular weight excluding hydrogens is 230 g/mol. The molecule has 94 valence electrons. The number of likely N-dealkylation sites (N-methyl/N-ethyl adjacent to an activating group) is 1. The van der Waals surface area contributed by atoms with Gasteiger partial charge in [0.15, 0.2) is 0 Å². The highest BCUT2D eigenvalue weighted by Crippen LogP contribution is 2.16. The van der Waals surface area contributed by atoms with Gasteiger partial charge in [0.25, 0.3) is 5.91 Å². The third kappa shape index (κ3) is 2.20. The number of anilines is 1. The minimum absolute atomic E-state index is 0.306. The molecule has 0 aliphatic carbocycles. The van der Waals surface area contributed by atoms with Gasteiger partial charge in [-0.3, -0.25) is 9.69 Å². The van der Waals surface area contributed by atoms with Crippen LogP contribution in [-0.4, -0.2) is 38.0 Å². The summed E-state index contributed by atoms with van der Waals surface area (Å²) in [6.45, 7) is 0. The molecule has 1 N–H and O–H groups in total. The smallest absolute Gasteiger partial charge is 0.328 e. The molecule has 5 heteroatoms. The van der Waals surface area contributed by atoms with Crippen LogP contribution in [0.2, 0.25) is 0 Å². The molecule has 0 spiro atoms. The van der Waals surface area contributed by atoms with Crippen LogP contribution in [0.1, 0.15) is 5.56 Å². The van der Waals surface area contributed by atoms with Gasteiger partial charge in [0.05, 0.1) is 0 Å². The van der Waals surface area contributed by atoms with Gasteiger partial charge in [-0.2, -0.15) is 0 Å². The number of benzene rings is 1. The number of nitrogens with zero attached hydrogens (tertiary/aromatic N) is 2. The van der Waals surface area contributed by atoms with Crippen molar-refractivity contribution in [3.63, 3.8) is 0 Å². The summed E-state index contributed by atoms with van der Waals surface area (Å²) >= 11 is 0. The first-order valence-electron chi connectivity index (χ1n) is 5.57. The highest BCUT2D eigenvalue weighted by atomic mass is 16.2. The maximum absolute atomic E-state index is 11.7. The molecule has 0 bridgehead atoms. The fourth-order valence-electron chi connectivity index (χ4n) is 1.66. The number of amides is 3. The fraction of sp³-hybridized carbons (Fsp3) is 0.231. The van der Waals surface area contributed by atoms with E-state index in [1.54, 1.807) is 6.08 Å². The Balaban J connectivity index is 2.24. The average molecular weight is 245 g/mol. The van der Waals surface area contributed by atoms with Crippen molar-refractivity contribution < 1.29 is 9.59 Å². The number of urea groups is 1. The summed E-state index contributed by atoms with van der Waals surface area (Å²) in [6, 6.07) is 7.32. The van der Waals surface area contributed by atoms with Crippen molar-refractivity contribution in [3.05, 3.63) is 35.5 Å². The van der Waals surface area contributed by atoms with E-state index in [9.17, 15) is 9.59 Å². The van der Waals surface area contributed by atoms with Gasteiger partial charge in [0.2, 0.25) is 0 Å². The molecular formula is C13H15N3O2. The lowest BCUT2D eigenvalue weighted by Crippen LogP contribution is -2.25. The van der Waals surface area contributed by atoms with Gasteiger partial charge in [0, 0.05) is 26.8 Å². The monoisotopic (exact) mass is 245 g/mol. The summed E-state index contributed by atoms with van der Waals surface area (Å²) in [7, 11) is 5.37. The fourth-order valence-corrected chi connectivity index (χ4v) is 1.66. The molecule has 0 atom stereocenters. The highest BCUT2D eigenvalue weighted by molar-refractivity contribution is 6.13. The van der Waals surface area contributed by atoms with E-state index >= 15 is 0 Å². The van der Waals surface area contributed by atoms with Crippen LogP contribution in [0.4, 0.5) is 10.5 Å². The molecule has 1 saturated heterocycles. The van der Waals surface area contributed by atoms with E-state index < -0.39 is 6.03 Å². The number of imide groups is 1. The second-order valence-corrected chi connectivity index (χ2v) is 4.34. The number of carbonyl (C=O) groups excluding carboxylic acids is 2. The van der Waals surface area contributed by atoms with Crippen molar-refractivity contribution in [2.24, 2.45) is 0 Å². The van der Waals surface area contributed by atoms with E-state index in [1.807, 2.05) is 43.3 Å². The first kappa shape index (κ1) is 12.2. The van der Waals surface area contributed by atoms with Gasteiger partial charge >= 0.3 is 6.03 Å². The third-order valence-corrected chi connectivity index (χ3v) is 2.80. The van der Waals surface area contributed by atoms with Crippen molar-refractivity contribution in [2.75, 3.05) is 26.0 Å². The number of nitrogens with one attached hydrogen (secondary N) is 1. The quantitative estimate of drug-likeness (QED) is 0.630. The first-order chi connectivity index (χ1) is 8.49. The van der Waals surface area contributed by atoms with Gasteiger partial charge in [-0.25, -0.2) is 4.79 Å². The zero-order valence-corrected chi connectivity index (χ0v) is 10.6. The summed E-state index contributed by atoms with van der Waals surface area (Å²) in [4.78, 5) is 26.0. The molecule has 1 fully saturated rings. The topological polar surface area (TPSA) is 52.7 Å². The van der Waals surface area contributed by atoms with Crippen LogP contribution in [0.5, 0.6) is 0 Å². The van der Waals surface area contributed by atoms with Gasteiger partial charge in [-0.1, -0.05) is 12.1 Å². The average Bonchev–Trinajstić information content (AvgIpc) is 2.58. The predicted octanol–water partition coefficient (Wildman–Crippen LogP) is 1.28. The minimum Gasteiger partial charge on any atom is -0.378 e. The first-order valence-corrected chi connectivity index (χ1v) is 5.57. The molecule has 0 unspecified atom stereocenters. The van der Waals surface area contributed by atoms with Gasteiger partial charge in [-0.05, 0) is 23.8 Å². The number of rotatable bonds is 2. The Bertz CT molecular complexity index is 518. The molecule has 3 amide bonds. The van der Waals surface area contributed by atoms with Crippen LogP contribution >= 0.6 is 0 Å². The molecule has 1 aromatic rings. The summed E-state index contributed by atoms with van der Waals surface area (Å²) < 4.78 is 0. The van der Waals surface area contributed by atoms with E-state index in [-0.39, 0.29) is 5.91 Å². The molecule has 1 aromatic carbocycles. The zero-order valence-electron chi connectivity index (χ0n) is 10.6. The molecule has 1 aliphatic rings. The van der Waals surface area contributed by atoms with Crippen LogP contribution in [0, 0.1) is 0 Å². The Labute approximate surface area is 106 Å². The van der Waals surface area contributed by atoms with Crippen LogP contribution in [-0.2, 0) is 4.79 Å². The molecule has 18 heavy (non-hydrogen) atoms. The summed E-state index contributed by atoms with van der Waals surface area (Å²) in [5, 5.41) is 2.53. The van der Waals surface area contributed by atoms with Crippen molar-refractivity contribution in [1.29, 1.82) is 0 Å². The number of carbonyl (C=O) groups is 2. The zero-order chi connectivity index (χ0) is 13.3. The van der Waals surface area contributed by atoms with Crippen molar-refractivity contribution in [2.45, 2.75) is 0 Å². The van der Waals surface area contributed by atoms with Gasteiger partial charge in [-0.15, -0.1) is 0 Å². The Hall–Kier alpha value is -2.30. The molecule has 1 heterocycles. The highest BCUT2D eigenvalue weighted by Gasteiger charge is 2.29. The largest absolute Gasteiger partial charge is 0.378 e. The van der Waals surface area contributed by atoms with Crippen molar-refractivity contribution in [1.82, 2.24) is 10.2 Å². The van der Waals surface area contributed by atoms with E-state index in [0.29, 0.717) is 5.70 Å². The molecule has 0 aromatic heterocycles. The second-order valence-electron chi connectivity index (χ2n) is 4.34. The van der Waals surface area contributed by atoms with Gasteiger partial charge in [0.1, 0.15) is 5.70 Å². The van der Waals surface area contributed by atoms with Crippen LogP contribution < -0.4 is 10.2 Å². The van der Waals surface area contributed by atoms with E-state index in [0.717, 1.165) is 16.2 Å². The SMILES string of the molecule is CN1C(=O)N/C(=C/c2ccc(N(C)C)cc2)C1=O. The summed E-state index contributed by atoms with van der Waals surface area (Å²) in [5.41, 5.74) is 2.26. The Morgan fingerprint density at radius 2 is 1.78 bits per heavy atom. The lowest BCUT2D eigenvalue weighted by molar-refractivity contribution is -0.121. The molecule has 0 radical (unpaired) electrons. The lowest BCUT2D eigenvalue weighted by Gasteiger charge is -2.11. The molecule has 0 saturated carbocycles. The van der Waals surface area contributed by atoms with Crippen LogP contribution in [0.25, 0.3) is 6.08 Å². The third-order valence-electron chi connectivity index (χ3n) is 2.80. The predicted molar refractivity (Wildman–Crippen MR) is 70.0 cm³/mol. The van der Waals surface area contributed by atoms with Crippen LogP contribution in [0.15, 0.2) is 30.0 Å². The van der Waals surface area contributed by atoms with Gasteiger partial charge < -0.3 is 10.2 Å². The van der Waals surface area contributed by atoms with E-state index in [4.69, 9.17) is 0 Å². The second kappa shape index (κ2) is 4.52. The maximum atomic E-state index is 11.7. The van der Waals surface area contributed by atoms with E-state index in [2.05, 4.69) is 5.32 Å². The number of hydrogen-bond acceptors (Lipinski definition) is 3. The normalized spacial score (nSPS) is 17.3. The van der Waals surface area contributed by atoms with Crippen molar-refractivity contribution >= 4 is 23.7 Å². The Morgan fingerprint density at radius 1 is 1.17 bits per heavy atom. The number of hydrogen-bond donors (Lipinski definition) is 1. The standard InChI is InChI=1S/C13H15N3O2/c1-15(2)10-6-4-9(5-7-10)8-11-12(17)16(3)13(18)14-11/h4-8H,1-3H3,(H,14,18)/b11-8+. The lowest BCUT2D eigenvalue weighted by atomic mass is 10.1. The maximum Gasteiger partial charge on any atom is 0.328 e. The Morgan fingerprint density at radius 3 is 2.22 bits per heavy atom. The van der Waals surface area contributed by atoms with E-state index in [1.165, 1.54) is 7.05 Å². The molecule has 1 aliphatic heterocycles. The summed E-state index contributed by atoms with van der Waals surface area (Å²) in [5.74, 6) is -0.309. The molecule has 2 rings (SSSR count). The molecule has 5 nitrogen and oxygen atoms in total. The Kier molecular flexibility index (Phi) is 3.06.